The third kappa shape index (κ3) is 4.69. The molecule has 1 unspecified atom stereocenters. The summed E-state index contributed by atoms with van der Waals surface area (Å²) < 4.78 is 5.48. The minimum absolute atomic E-state index is 0.0773. The molecule has 2 heteroatoms. The molecular formula is C16H27NO. The Kier molecular flexibility index (Phi) is 5.67. The molecule has 102 valence electrons. The maximum absolute atomic E-state index is 5.48. The summed E-state index contributed by atoms with van der Waals surface area (Å²) in [7, 11) is 1.78. The van der Waals surface area contributed by atoms with E-state index < -0.39 is 0 Å². The van der Waals surface area contributed by atoms with E-state index in [4.69, 9.17) is 4.74 Å². The molecule has 0 aliphatic heterocycles. The van der Waals surface area contributed by atoms with E-state index in [2.05, 4.69) is 57.3 Å². The molecule has 1 aromatic rings. The van der Waals surface area contributed by atoms with E-state index in [0.717, 1.165) is 12.8 Å². The van der Waals surface area contributed by atoms with Crippen LogP contribution in [0.3, 0.4) is 0 Å². The average molecular weight is 249 g/mol. The standard InChI is InChI=1S/C16H27NO/c1-6-9-14-10-7-8-11-15(14)17-13(2)12-16(3,4)18-5/h7-8,10-11,13,17H,6,9,12H2,1-5H3. The SMILES string of the molecule is CCCc1ccccc1NC(C)CC(C)(C)OC. The topological polar surface area (TPSA) is 21.3 Å². The molecule has 1 N–H and O–H groups in total. The number of anilines is 1. The van der Waals surface area contributed by atoms with Crippen LogP contribution in [0.1, 0.15) is 46.1 Å². The van der Waals surface area contributed by atoms with E-state index in [1.165, 1.54) is 17.7 Å². The smallest absolute Gasteiger partial charge is 0.0642 e. The van der Waals surface area contributed by atoms with Gasteiger partial charge in [0, 0.05) is 18.8 Å². The van der Waals surface area contributed by atoms with Crippen LogP contribution in [0, 0.1) is 0 Å². The van der Waals surface area contributed by atoms with Crippen molar-refractivity contribution in [2.45, 2.75) is 58.6 Å². The van der Waals surface area contributed by atoms with Gasteiger partial charge >= 0.3 is 0 Å². The second-order valence-electron chi connectivity index (χ2n) is 5.62. The lowest BCUT2D eigenvalue weighted by atomic mass is 9.99. The molecule has 2 nitrogen and oxygen atoms in total. The van der Waals surface area contributed by atoms with Crippen molar-refractivity contribution in [2.24, 2.45) is 0 Å². The molecule has 0 aliphatic rings. The van der Waals surface area contributed by atoms with Crippen LogP contribution in [0.15, 0.2) is 24.3 Å². The zero-order valence-electron chi connectivity index (χ0n) is 12.4. The number of benzene rings is 1. The third-order valence-corrected chi connectivity index (χ3v) is 3.29. The molecule has 1 atom stereocenters. The van der Waals surface area contributed by atoms with Crippen molar-refractivity contribution < 1.29 is 4.74 Å². The van der Waals surface area contributed by atoms with Gasteiger partial charge in [0.2, 0.25) is 0 Å². The van der Waals surface area contributed by atoms with E-state index >= 15 is 0 Å². The van der Waals surface area contributed by atoms with Crippen LogP contribution in [-0.4, -0.2) is 18.8 Å². The molecule has 0 bridgehead atoms. The van der Waals surface area contributed by atoms with Crippen LogP contribution in [0.2, 0.25) is 0 Å². The highest BCUT2D eigenvalue weighted by Gasteiger charge is 2.20. The molecule has 0 aliphatic carbocycles. The highest BCUT2D eigenvalue weighted by atomic mass is 16.5. The van der Waals surface area contributed by atoms with Gasteiger partial charge in [-0.3, -0.25) is 0 Å². The minimum atomic E-state index is -0.0773. The first-order chi connectivity index (χ1) is 8.48. The fourth-order valence-electron chi connectivity index (χ4n) is 2.29. The van der Waals surface area contributed by atoms with E-state index in [-0.39, 0.29) is 5.60 Å². The Morgan fingerprint density at radius 2 is 1.94 bits per heavy atom. The molecule has 0 amide bonds. The summed E-state index contributed by atoms with van der Waals surface area (Å²) in [5.74, 6) is 0. The highest BCUT2D eigenvalue weighted by Crippen LogP contribution is 2.22. The lowest BCUT2D eigenvalue weighted by Gasteiger charge is -2.28. The first-order valence-electron chi connectivity index (χ1n) is 6.88. The Hall–Kier alpha value is -1.02. The van der Waals surface area contributed by atoms with Crippen LogP contribution < -0.4 is 5.32 Å². The monoisotopic (exact) mass is 249 g/mol. The maximum Gasteiger partial charge on any atom is 0.0642 e. The number of hydrogen-bond acceptors (Lipinski definition) is 2. The van der Waals surface area contributed by atoms with Crippen molar-refractivity contribution in [2.75, 3.05) is 12.4 Å². The van der Waals surface area contributed by atoms with Gasteiger partial charge in [-0.05, 0) is 45.2 Å². The second kappa shape index (κ2) is 6.79. The van der Waals surface area contributed by atoms with Gasteiger partial charge in [0.1, 0.15) is 0 Å². The molecule has 0 saturated carbocycles. The predicted molar refractivity (Wildman–Crippen MR) is 79.2 cm³/mol. The van der Waals surface area contributed by atoms with Gasteiger partial charge in [-0.15, -0.1) is 0 Å². The van der Waals surface area contributed by atoms with Gasteiger partial charge in [0.25, 0.3) is 0 Å². The zero-order chi connectivity index (χ0) is 13.6. The first-order valence-corrected chi connectivity index (χ1v) is 6.88. The van der Waals surface area contributed by atoms with Gasteiger partial charge in [0.15, 0.2) is 0 Å². The number of para-hydroxylation sites is 1. The number of rotatable bonds is 7. The number of aryl methyl sites for hydroxylation is 1. The van der Waals surface area contributed by atoms with Crippen LogP contribution in [0.4, 0.5) is 5.69 Å². The van der Waals surface area contributed by atoms with E-state index in [9.17, 15) is 0 Å². The summed E-state index contributed by atoms with van der Waals surface area (Å²) >= 11 is 0. The van der Waals surface area contributed by atoms with Gasteiger partial charge in [0.05, 0.1) is 5.60 Å². The Labute approximate surface area is 112 Å². The molecule has 0 saturated heterocycles. The van der Waals surface area contributed by atoms with E-state index in [0.29, 0.717) is 6.04 Å². The van der Waals surface area contributed by atoms with Crippen molar-refractivity contribution in [1.29, 1.82) is 0 Å². The number of hydrogen-bond donors (Lipinski definition) is 1. The molecule has 0 spiro atoms. The van der Waals surface area contributed by atoms with Crippen LogP contribution in [0.5, 0.6) is 0 Å². The quantitative estimate of drug-likeness (QED) is 0.780. The van der Waals surface area contributed by atoms with Crippen molar-refractivity contribution in [3.8, 4) is 0 Å². The van der Waals surface area contributed by atoms with Crippen molar-refractivity contribution in [3.05, 3.63) is 29.8 Å². The van der Waals surface area contributed by atoms with Crippen LogP contribution in [-0.2, 0) is 11.2 Å². The Balaban J connectivity index is 2.66. The molecule has 0 radical (unpaired) electrons. The van der Waals surface area contributed by atoms with Crippen molar-refractivity contribution in [1.82, 2.24) is 0 Å². The summed E-state index contributed by atoms with van der Waals surface area (Å²) in [6.45, 7) is 8.68. The third-order valence-electron chi connectivity index (χ3n) is 3.29. The largest absolute Gasteiger partial charge is 0.382 e. The predicted octanol–water partition coefficient (Wildman–Crippen LogP) is 4.25. The summed E-state index contributed by atoms with van der Waals surface area (Å²) in [6, 6.07) is 8.98. The molecule has 1 rings (SSSR count). The zero-order valence-corrected chi connectivity index (χ0v) is 12.4. The highest BCUT2D eigenvalue weighted by molar-refractivity contribution is 5.51. The normalized spacial score (nSPS) is 13.4. The fraction of sp³-hybridized carbons (Fsp3) is 0.625. The minimum Gasteiger partial charge on any atom is -0.382 e. The summed E-state index contributed by atoms with van der Waals surface area (Å²) in [5.41, 5.74) is 2.59. The van der Waals surface area contributed by atoms with Crippen molar-refractivity contribution >= 4 is 5.69 Å². The number of ether oxygens (including phenoxy) is 1. The van der Waals surface area contributed by atoms with Gasteiger partial charge < -0.3 is 10.1 Å². The van der Waals surface area contributed by atoms with Gasteiger partial charge in [-0.1, -0.05) is 31.5 Å². The lowest BCUT2D eigenvalue weighted by molar-refractivity contribution is 0.0128. The lowest BCUT2D eigenvalue weighted by Crippen LogP contribution is -2.31. The first kappa shape index (κ1) is 15.0. The Bertz CT molecular complexity index is 360. The maximum atomic E-state index is 5.48. The van der Waals surface area contributed by atoms with Gasteiger partial charge in [-0.2, -0.15) is 0 Å². The summed E-state index contributed by atoms with van der Waals surface area (Å²) in [4.78, 5) is 0. The molecule has 0 heterocycles. The number of methoxy groups -OCH3 is 1. The van der Waals surface area contributed by atoms with E-state index in [1.807, 2.05) is 0 Å². The van der Waals surface area contributed by atoms with Gasteiger partial charge in [-0.25, -0.2) is 0 Å². The summed E-state index contributed by atoms with van der Waals surface area (Å²) in [5, 5.41) is 3.61. The van der Waals surface area contributed by atoms with Crippen LogP contribution >= 0.6 is 0 Å². The molecular weight excluding hydrogens is 222 g/mol. The Morgan fingerprint density at radius 1 is 1.28 bits per heavy atom. The van der Waals surface area contributed by atoms with Crippen molar-refractivity contribution in [3.63, 3.8) is 0 Å². The van der Waals surface area contributed by atoms with E-state index in [1.54, 1.807) is 7.11 Å². The summed E-state index contributed by atoms with van der Waals surface area (Å²) in [6.07, 6.45) is 3.30. The van der Waals surface area contributed by atoms with Crippen LogP contribution in [0.25, 0.3) is 0 Å². The fourth-order valence-corrected chi connectivity index (χ4v) is 2.29. The molecule has 0 aromatic heterocycles. The Morgan fingerprint density at radius 3 is 2.56 bits per heavy atom. The molecule has 18 heavy (non-hydrogen) atoms. The second-order valence-corrected chi connectivity index (χ2v) is 5.62. The molecule has 1 aromatic carbocycles. The number of nitrogens with one attached hydrogen (secondary N) is 1. The molecule has 0 fully saturated rings. The average Bonchev–Trinajstić information content (AvgIpc) is 2.31.